The van der Waals surface area contributed by atoms with E-state index in [0.29, 0.717) is 44.4 Å². The van der Waals surface area contributed by atoms with Gasteiger partial charge in [-0.2, -0.15) is 0 Å². The summed E-state index contributed by atoms with van der Waals surface area (Å²) in [6, 6.07) is 0. The van der Waals surface area contributed by atoms with Crippen LogP contribution in [0.15, 0.2) is 12.7 Å². The van der Waals surface area contributed by atoms with Gasteiger partial charge >= 0.3 is 0 Å². The van der Waals surface area contributed by atoms with Crippen LogP contribution in [0, 0.1) is 0 Å². The van der Waals surface area contributed by atoms with Gasteiger partial charge in [0.2, 0.25) is 11.8 Å². The van der Waals surface area contributed by atoms with E-state index in [0.717, 1.165) is 6.42 Å². The van der Waals surface area contributed by atoms with E-state index in [1.807, 2.05) is 0 Å². The second-order valence-corrected chi connectivity index (χ2v) is 4.90. The first kappa shape index (κ1) is 15.0. The topological polar surface area (TPSA) is 58.6 Å². The average Bonchev–Trinajstić information content (AvgIpc) is 2.40. The molecule has 1 N–H and O–H groups in total. The normalized spacial score (nSPS) is 15.2. The summed E-state index contributed by atoms with van der Waals surface area (Å²) >= 11 is 1.35. The van der Waals surface area contributed by atoms with Gasteiger partial charge in [-0.1, -0.05) is 6.08 Å². The molecule has 1 aliphatic heterocycles. The maximum absolute atomic E-state index is 11.7. The van der Waals surface area contributed by atoms with E-state index in [1.165, 1.54) is 11.8 Å². The summed E-state index contributed by atoms with van der Waals surface area (Å²) < 4.78 is 5.17. The molecule has 0 atom stereocenters. The van der Waals surface area contributed by atoms with E-state index in [9.17, 15) is 9.59 Å². The lowest BCUT2D eigenvalue weighted by molar-refractivity contribution is -0.132. The van der Waals surface area contributed by atoms with Crippen LogP contribution in [0.5, 0.6) is 0 Å². The van der Waals surface area contributed by atoms with E-state index in [2.05, 4.69) is 11.9 Å². The van der Waals surface area contributed by atoms with E-state index in [1.54, 1.807) is 11.0 Å². The van der Waals surface area contributed by atoms with Gasteiger partial charge in [0.25, 0.3) is 0 Å². The minimum atomic E-state index is -0.0309. The van der Waals surface area contributed by atoms with Crippen molar-refractivity contribution in [2.75, 3.05) is 44.4 Å². The van der Waals surface area contributed by atoms with Gasteiger partial charge in [-0.3, -0.25) is 9.59 Å². The molecule has 1 saturated heterocycles. The monoisotopic (exact) mass is 272 g/mol. The number of carbonyl (C=O) groups excluding carboxylic acids is 2. The first-order valence-corrected chi connectivity index (χ1v) is 7.20. The largest absolute Gasteiger partial charge is 0.378 e. The summed E-state index contributed by atoms with van der Waals surface area (Å²) in [6.07, 6.45) is 2.53. The Morgan fingerprint density at radius 2 is 2.06 bits per heavy atom. The zero-order chi connectivity index (χ0) is 13.2. The molecule has 1 fully saturated rings. The van der Waals surface area contributed by atoms with Crippen molar-refractivity contribution in [2.24, 2.45) is 0 Å². The zero-order valence-corrected chi connectivity index (χ0v) is 11.3. The Hall–Kier alpha value is -1.01. The quantitative estimate of drug-likeness (QED) is 0.534. The molecule has 1 aliphatic rings. The number of nitrogens with zero attached hydrogens (tertiary/aromatic N) is 1. The van der Waals surface area contributed by atoms with Crippen molar-refractivity contribution in [1.82, 2.24) is 10.2 Å². The highest BCUT2D eigenvalue weighted by Crippen LogP contribution is 2.04. The van der Waals surface area contributed by atoms with Gasteiger partial charge in [0.1, 0.15) is 0 Å². The summed E-state index contributed by atoms with van der Waals surface area (Å²) in [5.74, 6) is 0.737. The van der Waals surface area contributed by atoms with Crippen molar-refractivity contribution >= 4 is 23.6 Å². The SMILES string of the molecule is C=CCCNC(=O)CSCC(=O)N1CCOCC1. The van der Waals surface area contributed by atoms with E-state index in [4.69, 9.17) is 4.74 Å². The first-order chi connectivity index (χ1) is 8.74. The molecule has 0 unspecified atom stereocenters. The Bertz CT molecular complexity index is 291. The van der Waals surface area contributed by atoms with Crippen LogP contribution in [-0.2, 0) is 14.3 Å². The van der Waals surface area contributed by atoms with Gasteiger partial charge in [-0.05, 0) is 6.42 Å². The molecule has 2 amide bonds. The first-order valence-electron chi connectivity index (χ1n) is 6.05. The molecule has 1 rings (SSSR count). The molecular weight excluding hydrogens is 252 g/mol. The highest BCUT2D eigenvalue weighted by molar-refractivity contribution is 8.00. The number of morpholine rings is 1. The lowest BCUT2D eigenvalue weighted by atomic mass is 10.4. The van der Waals surface area contributed by atoms with Crippen LogP contribution in [0.3, 0.4) is 0 Å². The number of carbonyl (C=O) groups is 2. The maximum atomic E-state index is 11.7. The molecule has 6 heteroatoms. The van der Waals surface area contributed by atoms with Crippen LogP contribution in [0.4, 0.5) is 0 Å². The van der Waals surface area contributed by atoms with Crippen LogP contribution < -0.4 is 5.32 Å². The highest BCUT2D eigenvalue weighted by Gasteiger charge is 2.16. The van der Waals surface area contributed by atoms with Crippen molar-refractivity contribution < 1.29 is 14.3 Å². The number of amides is 2. The van der Waals surface area contributed by atoms with Gasteiger partial charge in [0.05, 0.1) is 24.7 Å². The van der Waals surface area contributed by atoms with E-state index < -0.39 is 0 Å². The van der Waals surface area contributed by atoms with Gasteiger partial charge in [-0.15, -0.1) is 18.3 Å². The number of hydrogen-bond acceptors (Lipinski definition) is 4. The molecule has 102 valence electrons. The second kappa shape index (κ2) is 8.99. The average molecular weight is 272 g/mol. The number of nitrogens with one attached hydrogen (secondary N) is 1. The summed E-state index contributed by atoms with van der Waals surface area (Å²) in [5.41, 5.74) is 0. The van der Waals surface area contributed by atoms with Crippen LogP contribution >= 0.6 is 11.8 Å². The third-order valence-electron chi connectivity index (χ3n) is 2.49. The molecule has 5 nitrogen and oxygen atoms in total. The van der Waals surface area contributed by atoms with Crippen LogP contribution in [0.1, 0.15) is 6.42 Å². The fraction of sp³-hybridized carbons (Fsp3) is 0.667. The summed E-state index contributed by atoms with van der Waals surface area (Å²) in [4.78, 5) is 24.9. The van der Waals surface area contributed by atoms with Crippen molar-refractivity contribution in [3.8, 4) is 0 Å². The summed E-state index contributed by atoms with van der Waals surface area (Å²) in [6.45, 7) is 6.72. The van der Waals surface area contributed by atoms with Gasteiger partial charge in [0.15, 0.2) is 0 Å². The maximum Gasteiger partial charge on any atom is 0.232 e. The molecule has 0 aromatic rings. The third-order valence-corrected chi connectivity index (χ3v) is 3.41. The van der Waals surface area contributed by atoms with Gasteiger partial charge in [-0.25, -0.2) is 0 Å². The molecule has 1 heterocycles. The molecule has 0 aromatic carbocycles. The minimum absolute atomic E-state index is 0.0309. The second-order valence-electron chi connectivity index (χ2n) is 3.91. The minimum Gasteiger partial charge on any atom is -0.378 e. The summed E-state index contributed by atoms with van der Waals surface area (Å²) in [7, 11) is 0. The smallest absolute Gasteiger partial charge is 0.232 e. The standard InChI is InChI=1S/C12H20N2O3S/c1-2-3-4-13-11(15)9-18-10-12(16)14-5-7-17-8-6-14/h2H,1,3-10H2,(H,13,15). The molecule has 0 aliphatic carbocycles. The Balaban J connectivity index is 2.07. The van der Waals surface area contributed by atoms with Crippen LogP contribution in [-0.4, -0.2) is 61.1 Å². The van der Waals surface area contributed by atoms with Gasteiger partial charge in [0, 0.05) is 19.6 Å². The highest BCUT2D eigenvalue weighted by atomic mass is 32.2. The molecule has 0 saturated carbocycles. The number of thioether (sulfide) groups is 1. The lowest BCUT2D eigenvalue weighted by Crippen LogP contribution is -2.41. The summed E-state index contributed by atoms with van der Waals surface area (Å²) in [5, 5.41) is 2.76. The van der Waals surface area contributed by atoms with E-state index in [-0.39, 0.29) is 11.8 Å². The number of rotatable bonds is 7. The Kier molecular flexibility index (Phi) is 7.52. The fourth-order valence-electron chi connectivity index (χ4n) is 1.50. The number of ether oxygens (including phenoxy) is 1. The van der Waals surface area contributed by atoms with Crippen molar-refractivity contribution in [3.63, 3.8) is 0 Å². The predicted molar refractivity (Wildman–Crippen MR) is 72.5 cm³/mol. The molecule has 0 bridgehead atoms. The number of hydrogen-bond donors (Lipinski definition) is 1. The Labute approximate surface area is 112 Å². The molecule has 18 heavy (non-hydrogen) atoms. The molecule has 0 aromatic heterocycles. The zero-order valence-electron chi connectivity index (χ0n) is 10.5. The third kappa shape index (κ3) is 6.07. The fourth-order valence-corrected chi connectivity index (χ4v) is 2.25. The Morgan fingerprint density at radius 3 is 2.72 bits per heavy atom. The van der Waals surface area contributed by atoms with Crippen molar-refractivity contribution in [2.45, 2.75) is 6.42 Å². The van der Waals surface area contributed by atoms with Crippen molar-refractivity contribution in [1.29, 1.82) is 0 Å². The molecule has 0 radical (unpaired) electrons. The lowest BCUT2D eigenvalue weighted by Gasteiger charge is -2.26. The molecular formula is C12H20N2O3S. The molecule has 0 spiro atoms. The van der Waals surface area contributed by atoms with E-state index >= 15 is 0 Å². The van der Waals surface area contributed by atoms with Crippen LogP contribution in [0.2, 0.25) is 0 Å². The predicted octanol–water partition coefficient (Wildman–Crippen LogP) is 0.271. The van der Waals surface area contributed by atoms with Gasteiger partial charge < -0.3 is 15.0 Å². The van der Waals surface area contributed by atoms with Crippen molar-refractivity contribution in [3.05, 3.63) is 12.7 Å². The Morgan fingerprint density at radius 1 is 1.33 bits per heavy atom. The van der Waals surface area contributed by atoms with Crippen LogP contribution in [0.25, 0.3) is 0 Å².